The minimum atomic E-state index is -3.76. The van der Waals surface area contributed by atoms with Crippen LogP contribution in [-0.4, -0.2) is 64.0 Å². The summed E-state index contributed by atoms with van der Waals surface area (Å²) in [6.07, 6.45) is 0. The molecular formula is C21H23N3O5S. The first kappa shape index (κ1) is 21.8. The molecule has 1 aliphatic heterocycles. The molecule has 0 aliphatic carbocycles. The van der Waals surface area contributed by atoms with Gasteiger partial charge in [-0.25, -0.2) is 13.2 Å². The number of nitriles is 1. The van der Waals surface area contributed by atoms with Crippen molar-refractivity contribution in [2.75, 3.05) is 40.4 Å². The van der Waals surface area contributed by atoms with Gasteiger partial charge in [-0.3, -0.25) is 4.90 Å². The summed E-state index contributed by atoms with van der Waals surface area (Å²) in [5.74, 6) is 0.119. The Morgan fingerprint density at radius 3 is 2.30 bits per heavy atom. The maximum atomic E-state index is 13.0. The molecule has 30 heavy (non-hydrogen) atoms. The molecule has 0 aromatic heterocycles. The summed E-state index contributed by atoms with van der Waals surface area (Å²) >= 11 is 0. The van der Waals surface area contributed by atoms with E-state index in [0.717, 1.165) is 5.56 Å². The van der Waals surface area contributed by atoms with Crippen molar-refractivity contribution in [3.8, 4) is 11.8 Å². The first-order valence-corrected chi connectivity index (χ1v) is 10.8. The number of esters is 1. The summed E-state index contributed by atoms with van der Waals surface area (Å²) in [7, 11) is -0.928. The third-order valence-corrected chi connectivity index (χ3v) is 6.98. The third-order valence-electron chi connectivity index (χ3n) is 5.09. The number of sulfonamides is 1. The monoisotopic (exact) mass is 429 g/mol. The van der Waals surface area contributed by atoms with Gasteiger partial charge in [0.05, 0.1) is 30.7 Å². The summed E-state index contributed by atoms with van der Waals surface area (Å²) < 4.78 is 37.2. The van der Waals surface area contributed by atoms with E-state index in [2.05, 4.69) is 10.8 Å². The van der Waals surface area contributed by atoms with Gasteiger partial charge in [-0.15, -0.1) is 0 Å². The lowest BCUT2D eigenvalue weighted by atomic mass is 10.1. The predicted octanol–water partition coefficient (Wildman–Crippen LogP) is 2.05. The molecule has 8 nitrogen and oxygen atoms in total. The molecule has 1 atom stereocenters. The number of carbonyl (C=O) groups excluding carboxylic acids is 1. The van der Waals surface area contributed by atoms with Gasteiger partial charge in [0.15, 0.2) is 0 Å². The van der Waals surface area contributed by atoms with Crippen molar-refractivity contribution in [1.29, 1.82) is 5.26 Å². The summed E-state index contributed by atoms with van der Waals surface area (Å²) in [6, 6.07) is 14.9. The van der Waals surface area contributed by atoms with E-state index >= 15 is 0 Å². The van der Waals surface area contributed by atoms with Crippen LogP contribution in [0.3, 0.4) is 0 Å². The van der Waals surface area contributed by atoms with Gasteiger partial charge in [0.2, 0.25) is 10.0 Å². The Morgan fingerprint density at radius 2 is 1.73 bits per heavy atom. The second kappa shape index (κ2) is 9.26. The van der Waals surface area contributed by atoms with Gasteiger partial charge in [-0.1, -0.05) is 18.2 Å². The molecule has 3 rings (SSSR count). The van der Waals surface area contributed by atoms with Crippen LogP contribution in [0.25, 0.3) is 0 Å². The molecule has 0 radical (unpaired) electrons. The average Bonchev–Trinajstić information content (AvgIpc) is 2.80. The molecule has 0 amide bonds. The molecule has 1 fully saturated rings. The highest BCUT2D eigenvalue weighted by Gasteiger charge is 2.32. The normalized spacial score (nSPS) is 16.4. The van der Waals surface area contributed by atoms with E-state index in [4.69, 9.17) is 4.74 Å². The number of carbonyl (C=O) groups is 1. The Balaban J connectivity index is 1.72. The van der Waals surface area contributed by atoms with E-state index in [1.165, 1.54) is 35.7 Å². The molecule has 1 aliphatic rings. The van der Waals surface area contributed by atoms with Gasteiger partial charge in [0.1, 0.15) is 11.8 Å². The van der Waals surface area contributed by atoms with Crippen molar-refractivity contribution in [3.63, 3.8) is 0 Å². The molecule has 2 aromatic rings. The summed E-state index contributed by atoms with van der Waals surface area (Å²) in [6.45, 7) is 1.33. The molecule has 158 valence electrons. The first-order chi connectivity index (χ1) is 14.4. The lowest BCUT2D eigenvalue weighted by molar-refractivity contribution is 0.0600. The van der Waals surface area contributed by atoms with Crippen LogP contribution in [0.2, 0.25) is 0 Å². The Kier molecular flexibility index (Phi) is 6.72. The van der Waals surface area contributed by atoms with Gasteiger partial charge in [-0.2, -0.15) is 9.57 Å². The maximum Gasteiger partial charge on any atom is 0.337 e. The summed E-state index contributed by atoms with van der Waals surface area (Å²) in [4.78, 5) is 13.7. The first-order valence-electron chi connectivity index (χ1n) is 9.37. The summed E-state index contributed by atoms with van der Waals surface area (Å²) in [5.41, 5.74) is 1.02. The zero-order valence-electron chi connectivity index (χ0n) is 16.8. The van der Waals surface area contributed by atoms with Crippen molar-refractivity contribution in [2.24, 2.45) is 0 Å². The highest BCUT2D eigenvalue weighted by atomic mass is 32.2. The number of piperazine rings is 1. The second-order valence-electron chi connectivity index (χ2n) is 6.76. The van der Waals surface area contributed by atoms with Gasteiger partial charge in [-0.05, 0) is 35.9 Å². The topological polar surface area (TPSA) is 99.9 Å². The fraction of sp³-hybridized carbons (Fsp3) is 0.333. The second-order valence-corrected chi connectivity index (χ2v) is 8.70. The smallest absolute Gasteiger partial charge is 0.337 e. The van der Waals surface area contributed by atoms with E-state index < -0.39 is 22.0 Å². The van der Waals surface area contributed by atoms with Crippen molar-refractivity contribution in [2.45, 2.75) is 10.9 Å². The van der Waals surface area contributed by atoms with Gasteiger partial charge < -0.3 is 9.47 Å². The maximum absolute atomic E-state index is 13.0. The molecule has 0 spiro atoms. The molecule has 9 heteroatoms. The van der Waals surface area contributed by atoms with Crippen LogP contribution in [-0.2, 0) is 14.8 Å². The summed E-state index contributed by atoms with van der Waals surface area (Å²) in [5, 5.41) is 9.67. The van der Waals surface area contributed by atoms with E-state index in [1.54, 1.807) is 19.2 Å². The predicted molar refractivity (Wildman–Crippen MR) is 109 cm³/mol. The van der Waals surface area contributed by atoms with Crippen LogP contribution < -0.4 is 4.74 Å². The molecular weight excluding hydrogens is 406 g/mol. The lowest BCUT2D eigenvalue weighted by Crippen LogP contribution is -2.49. The average molecular weight is 429 g/mol. The Morgan fingerprint density at radius 1 is 1.07 bits per heavy atom. The van der Waals surface area contributed by atoms with Crippen LogP contribution in [0.5, 0.6) is 5.75 Å². The number of hydrogen-bond acceptors (Lipinski definition) is 7. The number of hydrogen-bond donors (Lipinski definition) is 0. The van der Waals surface area contributed by atoms with Crippen molar-refractivity contribution >= 4 is 16.0 Å². The van der Waals surface area contributed by atoms with Crippen LogP contribution in [0, 0.1) is 11.3 Å². The third kappa shape index (κ3) is 4.46. The number of ether oxygens (including phenoxy) is 2. The minimum Gasteiger partial charge on any atom is -0.497 e. The van der Waals surface area contributed by atoms with Crippen LogP contribution >= 0.6 is 0 Å². The van der Waals surface area contributed by atoms with E-state index in [1.807, 2.05) is 17.0 Å². The zero-order valence-corrected chi connectivity index (χ0v) is 17.6. The lowest BCUT2D eigenvalue weighted by Gasteiger charge is -2.36. The molecule has 1 saturated heterocycles. The zero-order chi connectivity index (χ0) is 21.7. The Bertz CT molecular complexity index is 1040. The largest absolute Gasteiger partial charge is 0.497 e. The van der Waals surface area contributed by atoms with Crippen molar-refractivity contribution < 1.29 is 22.7 Å². The highest BCUT2D eigenvalue weighted by Crippen LogP contribution is 2.26. The van der Waals surface area contributed by atoms with E-state index in [9.17, 15) is 18.5 Å². The Labute approximate surface area is 176 Å². The molecule has 0 bridgehead atoms. The number of benzene rings is 2. The fourth-order valence-electron chi connectivity index (χ4n) is 3.41. The van der Waals surface area contributed by atoms with Crippen molar-refractivity contribution in [3.05, 3.63) is 59.7 Å². The quantitative estimate of drug-likeness (QED) is 0.648. The molecule has 0 saturated carbocycles. The van der Waals surface area contributed by atoms with Gasteiger partial charge >= 0.3 is 5.97 Å². The van der Waals surface area contributed by atoms with E-state index in [0.29, 0.717) is 18.8 Å². The van der Waals surface area contributed by atoms with E-state index in [-0.39, 0.29) is 23.5 Å². The van der Waals surface area contributed by atoms with Gasteiger partial charge in [0, 0.05) is 26.2 Å². The molecule has 1 heterocycles. The number of nitrogens with zero attached hydrogens (tertiary/aromatic N) is 3. The Hall–Kier alpha value is -2.93. The standard InChI is InChI=1S/C21H23N3O5S/c1-28-18-8-6-16(7-9-18)20(15-22)23-10-12-24(13-11-23)30(26,27)19-5-3-4-17(14-19)21(25)29-2/h3-9,14,20H,10-13H2,1-2H3/t20-/m0/s1. The van der Waals surface area contributed by atoms with Crippen LogP contribution in [0.1, 0.15) is 22.0 Å². The molecule has 0 unspecified atom stereocenters. The molecule has 2 aromatic carbocycles. The number of rotatable bonds is 6. The van der Waals surface area contributed by atoms with Crippen molar-refractivity contribution in [1.82, 2.24) is 9.21 Å². The van der Waals surface area contributed by atoms with Crippen LogP contribution in [0.15, 0.2) is 53.4 Å². The SMILES string of the molecule is COC(=O)c1cccc(S(=O)(=O)N2CCN([C@@H](C#N)c3ccc(OC)cc3)CC2)c1. The highest BCUT2D eigenvalue weighted by molar-refractivity contribution is 7.89. The van der Waals surface area contributed by atoms with Crippen LogP contribution in [0.4, 0.5) is 0 Å². The minimum absolute atomic E-state index is 0.0471. The molecule has 0 N–H and O–H groups in total. The fourth-order valence-corrected chi connectivity index (χ4v) is 4.87. The van der Waals surface area contributed by atoms with Gasteiger partial charge in [0.25, 0.3) is 0 Å². The number of methoxy groups -OCH3 is 2.